The van der Waals surface area contributed by atoms with E-state index in [-0.39, 0.29) is 0 Å². The number of anilines is 1. The summed E-state index contributed by atoms with van der Waals surface area (Å²) < 4.78 is 0. The van der Waals surface area contributed by atoms with Gasteiger partial charge < -0.3 is 15.7 Å². The number of nitrogen functional groups attached to an aromatic ring is 1. The number of carbonyl (C=O) groups is 1. The molecule has 0 unspecified atom stereocenters. The summed E-state index contributed by atoms with van der Waals surface area (Å²) in [6, 6.07) is 7.31. The number of amides is 1. The van der Waals surface area contributed by atoms with E-state index in [4.69, 9.17) is 5.73 Å². The van der Waals surface area contributed by atoms with E-state index in [1.54, 1.807) is 19.3 Å². The van der Waals surface area contributed by atoms with Crippen LogP contribution in [0, 0.1) is 25.7 Å². The third kappa shape index (κ3) is 4.18. The summed E-state index contributed by atoms with van der Waals surface area (Å²) in [4.78, 5) is 26.8. The van der Waals surface area contributed by atoms with E-state index in [9.17, 15) is 9.90 Å². The van der Waals surface area contributed by atoms with E-state index in [1.807, 2.05) is 39.0 Å². The maximum absolute atomic E-state index is 11.9. The van der Waals surface area contributed by atoms with E-state index in [0.29, 0.717) is 29.3 Å². The fourth-order valence-corrected chi connectivity index (χ4v) is 2.97. The number of carbonyl (C=O) groups excluding carboxylic acids is 1. The summed E-state index contributed by atoms with van der Waals surface area (Å²) in [6.45, 7) is 6.19. The van der Waals surface area contributed by atoms with Crippen LogP contribution in [0.3, 0.4) is 0 Å². The molecule has 0 bridgehead atoms. The molecule has 3 aromatic rings. The van der Waals surface area contributed by atoms with Crippen molar-refractivity contribution in [2.75, 3.05) is 19.3 Å². The number of pyridine rings is 1. The first kappa shape index (κ1) is 20.2. The molecule has 7 heteroatoms. The Morgan fingerprint density at radius 2 is 2.07 bits per heavy atom. The van der Waals surface area contributed by atoms with E-state index < -0.39 is 12.0 Å². The van der Waals surface area contributed by atoms with Crippen LogP contribution in [0.15, 0.2) is 30.5 Å². The Balaban J connectivity index is 1.98. The zero-order chi connectivity index (χ0) is 21.1. The smallest absolute Gasteiger partial charge is 0.263 e. The number of hydrogen-bond acceptors (Lipinski definition) is 6. The fraction of sp³-hybridized carbons (Fsp3) is 0.273. The zero-order valence-electron chi connectivity index (χ0n) is 16.9. The third-order valence-corrected chi connectivity index (χ3v) is 4.68. The summed E-state index contributed by atoms with van der Waals surface area (Å²) in [5, 5.41) is 10.9. The highest BCUT2D eigenvalue weighted by Crippen LogP contribution is 2.26. The van der Waals surface area contributed by atoms with Gasteiger partial charge in [0, 0.05) is 42.0 Å². The Kier molecular flexibility index (Phi) is 5.76. The molecule has 1 aromatic carbocycles. The van der Waals surface area contributed by atoms with Crippen LogP contribution < -0.4 is 5.73 Å². The summed E-state index contributed by atoms with van der Waals surface area (Å²) in [7, 11) is 1.62. The lowest BCUT2D eigenvalue weighted by Crippen LogP contribution is -2.35. The molecular weight excluding hydrogens is 366 g/mol. The van der Waals surface area contributed by atoms with Crippen molar-refractivity contribution in [1.29, 1.82) is 0 Å². The van der Waals surface area contributed by atoms with Gasteiger partial charge in [0.25, 0.3) is 5.91 Å². The maximum Gasteiger partial charge on any atom is 0.263 e. The number of aryl methyl sites for hydroxylation is 2. The highest BCUT2D eigenvalue weighted by molar-refractivity contribution is 5.92. The molecule has 7 nitrogen and oxygen atoms in total. The molecule has 1 atom stereocenters. The molecule has 3 rings (SSSR count). The minimum Gasteiger partial charge on any atom is -0.382 e. The molecule has 0 saturated carbocycles. The molecule has 0 aliphatic carbocycles. The van der Waals surface area contributed by atoms with E-state index >= 15 is 0 Å². The van der Waals surface area contributed by atoms with Crippen molar-refractivity contribution in [1.82, 2.24) is 19.9 Å². The van der Waals surface area contributed by atoms with Crippen LogP contribution in [0.2, 0.25) is 0 Å². The molecule has 0 fully saturated rings. The lowest BCUT2D eigenvalue weighted by atomic mass is 10.1. The topological polar surface area (TPSA) is 105 Å². The maximum atomic E-state index is 11.9. The number of hydrogen-bond donors (Lipinski definition) is 2. The monoisotopic (exact) mass is 389 g/mol. The van der Waals surface area contributed by atoms with Crippen molar-refractivity contribution in [3.63, 3.8) is 0 Å². The van der Waals surface area contributed by atoms with E-state index in [0.717, 1.165) is 22.2 Å². The molecule has 3 N–H and O–H groups in total. The summed E-state index contributed by atoms with van der Waals surface area (Å²) in [5.74, 6) is 5.88. The number of nitrogens with two attached hydrogens (primary N) is 1. The van der Waals surface area contributed by atoms with Crippen molar-refractivity contribution in [2.24, 2.45) is 0 Å². The lowest BCUT2D eigenvalue weighted by molar-refractivity contribution is -0.135. The average Bonchev–Trinajstić information content (AvgIpc) is 2.73. The van der Waals surface area contributed by atoms with Gasteiger partial charge >= 0.3 is 0 Å². The van der Waals surface area contributed by atoms with Gasteiger partial charge in [0.15, 0.2) is 11.9 Å². The average molecular weight is 389 g/mol. The number of aliphatic hydroxyl groups excluding tert-OH is 1. The Bertz CT molecular complexity index is 1150. The van der Waals surface area contributed by atoms with Crippen LogP contribution in [0.4, 0.5) is 5.82 Å². The number of benzene rings is 1. The summed E-state index contributed by atoms with van der Waals surface area (Å²) >= 11 is 0. The van der Waals surface area contributed by atoms with Crippen LogP contribution in [0.1, 0.15) is 23.7 Å². The molecule has 1 amide bonds. The highest BCUT2D eigenvalue weighted by atomic mass is 16.3. The number of likely N-dealkylation sites (N-methyl/N-ethyl adjacent to an activating group) is 1. The van der Waals surface area contributed by atoms with Gasteiger partial charge in [0.1, 0.15) is 11.3 Å². The molecule has 0 radical (unpaired) electrons. The molecule has 148 valence electrons. The second kappa shape index (κ2) is 8.25. The molecule has 0 aliphatic rings. The van der Waals surface area contributed by atoms with Gasteiger partial charge in [-0.2, -0.15) is 0 Å². The van der Waals surface area contributed by atoms with Crippen molar-refractivity contribution in [3.05, 3.63) is 47.3 Å². The number of aliphatic hydroxyl groups is 1. The van der Waals surface area contributed by atoms with Gasteiger partial charge in [-0.1, -0.05) is 24.0 Å². The SMILES string of the molecule is CCN(C)C(=O)[C@H](O)C#Cc1cccc(-c2nc(C)c3c(C)cnc(N)c3n2)c1. The first-order valence-electron chi connectivity index (χ1n) is 9.26. The van der Waals surface area contributed by atoms with Crippen molar-refractivity contribution < 1.29 is 9.90 Å². The number of nitrogens with zero attached hydrogens (tertiary/aromatic N) is 4. The van der Waals surface area contributed by atoms with Crippen LogP contribution in [0.25, 0.3) is 22.3 Å². The van der Waals surface area contributed by atoms with Crippen molar-refractivity contribution in [2.45, 2.75) is 26.9 Å². The van der Waals surface area contributed by atoms with Crippen molar-refractivity contribution in [3.8, 4) is 23.2 Å². The zero-order valence-corrected chi connectivity index (χ0v) is 16.9. The molecule has 2 aromatic heterocycles. The minimum absolute atomic E-state index is 0.356. The van der Waals surface area contributed by atoms with Gasteiger partial charge in [-0.25, -0.2) is 15.0 Å². The van der Waals surface area contributed by atoms with E-state index in [2.05, 4.69) is 26.8 Å². The molecule has 29 heavy (non-hydrogen) atoms. The first-order valence-corrected chi connectivity index (χ1v) is 9.26. The van der Waals surface area contributed by atoms with Gasteiger partial charge in [0.2, 0.25) is 0 Å². The van der Waals surface area contributed by atoms with Gasteiger partial charge in [-0.15, -0.1) is 0 Å². The predicted molar refractivity (Wildman–Crippen MR) is 113 cm³/mol. The van der Waals surface area contributed by atoms with Gasteiger partial charge in [-0.05, 0) is 38.5 Å². The van der Waals surface area contributed by atoms with Crippen LogP contribution in [-0.2, 0) is 4.79 Å². The van der Waals surface area contributed by atoms with Crippen LogP contribution in [-0.4, -0.2) is 50.6 Å². The van der Waals surface area contributed by atoms with Gasteiger partial charge in [-0.3, -0.25) is 4.79 Å². The Morgan fingerprint density at radius 1 is 1.31 bits per heavy atom. The lowest BCUT2D eigenvalue weighted by Gasteiger charge is -2.15. The van der Waals surface area contributed by atoms with Crippen molar-refractivity contribution >= 4 is 22.6 Å². The predicted octanol–water partition coefficient (Wildman–Crippen LogP) is 2.08. The molecule has 0 saturated heterocycles. The molecule has 2 heterocycles. The number of fused-ring (bicyclic) bond motifs is 1. The Morgan fingerprint density at radius 3 is 2.79 bits per heavy atom. The Labute approximate surface area is 169 Å². The second-order valence-electron chi connectivity index (χ2n) is 6.79. The third-order valence-electron chi connectivity index (χ3n) is 4.68. The Hall–Kier alpha value is -3.50. The minimum atomic E-state index is -1.36. The summed E-state index contributed by atoms with van der Waals surface area (Å²) in [5.41, 5.74) is 9.83. The highest BCUT2D eigenvalue weighted by Gasteiger charge is 2.15. The fourth-order valence-electron chi connectivity index (χ4n) is 2.97. The number of rotatable bonds is 3. The quantitative estimate of drug-likeness (QED) is 0.665. The summed E-state index contributed by atoms with van der Waals surface area (Å²) in [6.07, 6.45) is 0.351. The van der Waals surface area contributed by atoms with Gasteiger partial charge in [0.05, 0.1) is 0 Å². The van der Waals surface area contributed by atoms with E-state index in [1.165, 1.54) is 4.90 Å². The first-order chi connectivity index (χ1) is 13.8. The standard InChI is InChI=1S/C22H23N5O2/c1-5-27(4)22(29)17(28)10-9-15-7-6-8-16(11-15)21-25-14(3)18-13(2)12-24-20(23)19(18)26-21/h6-8,11-12,17,28H,5H2,1-4H3,(H2,23,24)/t17-/m1/s1. The molecular formula is C22H23N5O2. The largest absolute Gasteiger partial charge is 0.382 e. The molecule has 0 spiro atoms. The number of aromatic nitrogens is 3. The second-order valence-corrected chi connectivity index (χ2v) is 6.79. The van der Waals surface area contributed by atoms with Crippen LogP contribution in [0.5, 0.6) is 0 Å². The molecule has 0 aliphatic heterocycles. The van der Waals surface area contributed by atoms with Crippen LogP contribution >= 0.6 is 0 Å². The normalized spacial score (nSPS) is 11.6.